The molecule has 1 amide bonds. The molecule has 5 nitrogen and oxygen atoms in total. The minimum absolute atomic E-state index is 0.000382. The molecule has 0 saturated carbocycles. The van der Waals surface area contributed by atoms with E-state index >= 15 is 0 Å². The second kappa shape index (κ2) is 7.68. The van der Waals surface area contributed by atoms with Crippen LogP contribution in [-0.2, 0) is 0 Å². The molecule has 1 aromatic rings. The lowest BCUT2D eigenvalue weighted by Crippen LogP contribution is -2.47. The minimum atomic E-state index is -0.000382. The molecule has 2 aliphatic rings. The first kappa shape index (κ1) is 16.1. The molecule has 1 aromatic heterocycles. The van der Waals surface area contributed by atoms with Gasteiger partial charge in [-0.05, 0) is 45.4 Å². The summed E-state index contributed by atoms with van der Waals surface area (Å²) >= 11 is 0. The van der Waals surface area contributed by atoms with Gasteiger partial charge in [0.1, 0.15) is 5.69 Å². The fourth-order valence-electron chi connectivity index (χ4n) is 3.54. The molecule has 23 heavy (non-hydrogen) atoms. The summed E-state index contributed by atoms with van der Waals surface area (Å²) in [6, 6.07) is 0.960. The number of allylic oxidation sites excluding steroid dienone is 1. The second-order valence-electron chi connectivity index (χ2n) is 6.57. The summed E-state index contributed by atoms with van der Waals surface area (Å²) in [6.07, 6.45) is 14.2. The third kappa shape index (κ3) is 4.16. The number of nitrogens with one attached hydrogen (secondary N) is 1. The van der Waals surface area contributed by atoms with Gasteiger partial charge in [-0.1, -0.05) is 11.6 Å². The van der Waals surface area contributed by atoms with Crippen molar-refractivity contribution in [3.63, 3.8) is 0 Å². The Bertz CT molecular complexity index is 549. The average molecular weight is 314 g/mol. The Morgan fingerprint density at radius 3 is 2.78 bits per heavy atom. The van der Waals surface area contributed by atoms with Crippen molar-refractivity contribution in [1.82, 2.24) is 20.2 Å². The SMILES string of the molecule is CC(NC1CCN(C(=O)c2cnccn2)CC1)C1=CCCCC1. The first-order chi connectivity index (χ1) is 11.2. The van der Waals surface area contributed by atoms with E-state index in [1.807, 2.05) is 4.90 Å². The van der Waals surface area contributed by atoms with Crippen molar-refractivity contribution in [2.75, 3.05) is 13.1 Å². The predicted octanol–water partition coefficient (Wildman–Crippen LogP) is 2.56. The molecule has 0 radical (unpaired) electrons. The summed E-state index contributed by atoms with van der Waals surface area (Å²) in [5.74, 6) is -0.000382. The number of likely N-dealkylation sites (tertiary alicyclic amines) is 1. The van der Waals surface area contributed by atoms with Crippen LogP contribution in [0.15, 0.2) is 30.2 Å². The van der Waals surface area contributed by atoms with Crippen LogP contribution in [0.25, 0.3) is 0 Å². The summed E-state index contributed by atoms with van der Waals surface area (Å²) in [5.41, 5.74) is 2.01. The number of piperidine rings is 1. The number of nitrogens with zero attached hydrogens (tertiary/aromatic N) is 3. The molecule has 1 N–H and O–H groups in total. The van der Waals surface area contributed by atoms with Gasteiger partial charge < -0.3 is 10.2 Å². The topological polar surface area (TPSA) is 58.1 Å². The maximum Gasteiger partial charge on any atom is 0.274 e. The number of carbonyl (C=O) groups is 1. The maximum absolute atomic E-state index is 12.4. The zero-order chi connectivity index (χ0) is 16.1. The van der Waals surface area contributed by atoms with E-state index in [2.05, 4.69) is 28.3 Å². The molecule has 0 spiro atoms. The van der Waals surface area contributed by atoms with Gasteiger partial charge in [-0.25, -0.2) is 4.98 Å². The van der Waals surface area contributed by atoms with E-state index in [9.17, 15) is 4.79 Å². The fourth-order valence-corrected chi connectivity index (χ4v) is 3.54. The first-order valence-corrected chi connectivity index (χ1v) is 8.74. The summed E-state index contributed by atoms with van der Waals surface area (Å²) in [7, 11) is 0. The standard InChI is InChI=1S/C18H26N4O/c1-14(15-5-3-2-4-6-15)21-16-7-11-22(12-8-16)18(23)17-13-19-9-10-20-17/h5,9-10,13-14,16,21H,2-4,6-8,11-12H2,1H3. The zero-order valence-electron chi connectivity index (χ0n) is 13.9. The molecule has 5 heteroatoms. The number of hydrogen-bond acceptors (Lipinski definition) is 4. The Morgan fingerprint density at radius 2 is 2.13 bits per heavy atom. The maximum atomic E-state index is 12.4. The summed E-state index contributed by atoms with van der Waals surface area (Å²) in [5, 5.41) is 3.75. The second-order valence-corrected chi connectivity index (χ2v) is 6.57. The van der Waals surface area contributed by atoms with Crippen molar-refractivity contribution in [2.24, 2.45) is 0 Å². The van der Waals surface area contributed by atoms with Gasteiger partial charge in [0.15, 0.2) is 0 Å². The Hall–Kier alpha value is -1.75. The number of rotatable bonds is 4. The van der Waals surface area contributed by atoms with Crippen LogP contribution < -0.4 is 5.32 Å². The highest BCUT2D eigenvalue weighted by Gasteiger charge is 2.25. The summed E-state index contributed by atoms with van der Waals surface area (Å²) in [4.78, 5) is 22.3. The van der Waals surface area contributed by atoms with Crippen molar-refractivity contribution in [2.45, 2.75) is 57.5 Å². The molecule has 1 unspecified atom stereocenters. The third-order valence-electron chi connectivity index (χ3n) is 4.93. The number of carbonyl (C=O) groups excluding carboxylic acids is 1. The van der Waals surface area contributed by atoms with Crippen molar-refractivity contribution in [3.8, 4) is 0 Å². The van der Waals surface area contributed by atoms with E-state index in [0.29, 0.717) is 17.8 Å². The molecule has 1 aliphatic carbocycles. The average Bonchev–Trinajstić information content (AvgIpc) is 2.63. The van der Waals surface area contributed by atoms with Crippen LogP contribution in [0.3, 0.4) is 0 Å². The van der Waals surface area contributed by atoms with Gasteiger partial charge in [0, 0.05) is 37.6 Å². The molecule has 1 aliphatic heterocycles. The Labute approximate surface area is 138 Å². The molecule has 1 saturated heterocycles. The van der Waals surface area contributed by atoms with Crippen LogP contribution in [0, 0.1) is 0 Å². The smallest absolute Gasteiger partial charge is 0.274 e. The summed E-state index contributed by atoms with van der Waals surface area (Å²) < 4.78 is 0. The third-order valence-corrected chi connectivity index (χ3v) is 4.93. The Morgan fingerprint density at radius 1 is 1.30 bits per heavy atom. The van der Waals surface area contributed by atoms with Gasteiger partial charge in [-0.2, -0.15) is 0 Å². The van der Waals surface area contributed by atoms with E-state index in [1.165, 1.54) is 25.7 Å². The van der Waals surface area contributed by atoms with Crippen molar-refractivity contribution < 1.29 is 4.79 Å². The molecule has 124 valence electrons. The molecule has 1 fully saturated rings. The Balaban J connectivity index is 1.48. The van der Waals surface area contributed by atoms with Crippen LogP contribution in [0.1, 0.15) is 55.9 Å². The van der Waals surface area contributed by atoms with Gasteiger partial charge in [0.25, 0.3) is 5.91 Å². The summed E-state index contributed by atoms with van der Waals surface area (Å²) in [6.45, 7) is 3.85. The van der Waals surface area contributed by atoms with Crippen LogP contribution in [-0.4, -0.2) is 45.9 Å². The van der Waals surface area contributed by atoms with Gasteiger partial charge in [-0.3, -0.25) is 9.78 Å². The quantitative estimate of drug-likeness (QED) is 0.868. The number of aromatic nitrogens is 2. The van der Waals surface area contributed by atoms with Crippen molar-refractivity contribution >= 4 is 5.91 Å². The highest BCUT2D eigenvalue weighted by atomic mass is 16.2. The molecular formula is C18H26N4O. The Kier molecular flexibility index (Phi) is 5.39. The normalized spacial score (nSPS) is 20.9. The lowest BCUT2D eigenvalue weighted by atomic mass is 9.93. The molecule has 0 bridgehead atoms. The highest BCUT2D eigenvalue weighted by Crippen LogP contribution is 2.21. The number of amides is 1. The van der Waals surface area contributed by atoms with Gasteiger partial charge in [0.2, 0.25) is 0 Å². The van der Waals surface area contributed by atoms with E-state index in [0.717, 1.165) is 25.9 Å². The van der Waals surface area contributed by atoms with E-state index in [4.69, 9.17) is 0 Å². The van der Waals surface area contributed by atoms with Crippen LogP contribution >= 0.6 is 0 Å². The van der Waals surface area contributed by atoms with E-state index in [-0.39, 0.29) is 5.91 Å². The lowest BCUT2D eigenvalue weighted by Gasteiger charge is -2.34. The van der Waals surface area contributed by atoms with Gasteiger partial charge >= 0.3 is 0 Å². The predicted molar refractivity (Wildman–Crippen MR) is 90.1 cm³/mol. The lowest BCUT2D eigenvalue weighted by molar-refractivity contribution is 0.0697. The molecule has 2 heterocycles. The molecule has 0 aromatic carbocycles. The van der Waals surface area contributed by atoms with E-state index in [1.54, 1.807) is 24.2 Å². The first-order valence-electron chi connectivity index (χ1n) is 8.74. The molecule has 3 rings (SSSR count). The van der Waals surface area contributed by atoms with Crippen molar-refractivity contribution in [3.05, 3.63) is 35.9 Å². The highest BCUT2D eigenvalue weighted by molar-refractivity contribution is 5.92. The van der Waals surface area contributed by atoms with Crippen LogP contribution in [0.4, 0.5) is 0 Å². The van der Waals surface area contributed by atoms with Crippen LogP contribution in [0.5, 0.6) is 0 Å². The van der Waals surface area contributed by atoms with Gasteiger partial charge in [0.05, 0.1) is 6.20 Å². The van der Waals surface area contributed by atoms with E-state index < -0.39 is 0 Å². The molecular weight excluding hydrogens is 288 g/mol. The number of hydrogen-bond donors (Lipinski definition) is 1. The zero-order valence-corrected chi connectivity index (χ0v) is 13.9. The monoisotopic (exact) mass is 314 g/mol. The fraction of sp³-hybridized carbons (Fsp3) is 0.611. The largest absolute Gasteiger partial charge is 0.337 e. The minimum Gasteiger partial charge on any atom is -0.337 e. The molecule has 1 atom stereocenters. The van der Waals surface area contributed by atoms with Crippen molar-refractivity contribution in [1.29, 1.82) is 0 Å². The van der Waals surface area contributed by atoms with Crippen LogP contribution in [0.2, 0.25) is 0 Å². The van der Waals surface area contributed by atoms with Gasteiger partial charge in [-0.15, -0.1) is 0 Å².